The van der Waals surface area contributed by atoms with E-state index < -0.39 is 0 Å². The summed E-state index contributed by atoms with van der Waals surface area (Å²) >= 11 is 0. The van der Waals surface area contributed by atoms with Crippen LogP contribution in [0.2, 0.25) is 0 Å². The van der Waals surface area contributed by atoms with Gasteiger partial charge in [0, 0.05) is 12.6 Å². The minimum Gasteiger partial charge on any atom is -0.335 e. The number of hydrogen-bond donors (Lipinski definition) is 2. The Labute approximate surface area is 109 Å². The summed E-state index contributed by atoms with van der Waals surface area (Å²) < 4.78 is 0. The lowest BCUT2D eigenvalue weighted by Gasteiger charge is -2.30. The fourth-order valence-corrected chi connectivity index (χ4v) is 2.16. The Bertz CT molecular complexity index is 294. The third-order valence-electron chi connectivity index (χ3n) is 3.35. The normalized spacial score (nSPS) is 22.3. The summed E-state index contributed by atoms with van der Waals surface area (Å²) in [6.45, 7) is 8.31. The molecule has 2 N–H and O–H groups in total. The minimum atomic E-state index is -0.389. The molecule has 0 unspecified atom stereocenters. The molecule has 3 amide bonds. The fraction of sp³-hybridized carbons (Fsp3) is 0.846. The number of imide groups is 1. The van der Waals surface area contributed by atoms with E-state index >= 15 is 0 Å². The third kappa shape index (κ3) is 5.49. The van der Waals surface area contributed by atoms with Crippen molar-refractivity contribution in [3.63, 3.8) is 0 Å². The first-order valence-corrected chi connectivity index (χ1v) is 6.84. The zero-order chi connectivity index (χ0) is 13.5. The Hall–Kier alpha value is -1.10. The van der Waals surface area contributed by atoms with Crippen LogP contribution in [0.1, 0.15) is 40.0 Å². The maximum Gasteiger partial charge on any atom is 0.321 e. The number of piperidine rings is 1. The lowest BCUT2D eigenvalue weighted by Crippen LogP contribution is -2.48. The molecule has 1 aliphatic rings. The van der Waals surface area contributed by atoms with Gasteiger partial charge in [-0.15, -0.1) is 0 Å². The summed E-state index contributed by atoms with van der Waals surface area (Å²) in [5, 5.41) is 5.09. The van der Waals surface area contributed by atoms with Crippen LogP contribution < -0.4 is 10.6 Å². The first kappa shape index (κ1) is 15.0. The largest absolute Gasteiger partial charge is 0.335 e. The Morgan fingerprint density at radius 3 is 2.78 bits per heavy atom. The molecule has 5 heteroatoms. The van der Waals surface area contributed by atoms with Crippen LogP contribution in [0, 0.1) is 5.92 Å². The summed E-state index contributed by atoms with van der Waals surface area (Å²) in [4.78, 5) is 25.3. The Morgan fingerprint density at radius 2 is 2.17 bits per heavy atom. The predicted molar refractivity (Wildman–Crippen MR) is 71.3 cm³/mol. The van der Waals surface area contributed by atoms with Crippen molar-refractivity contribution in [2.75, 3.05) is 19.6 Å². The van der Waals surface area contributed by atoms with E-state index in [4.69, 9.17) is 0 Å². The molecular weight excluding hydrogens is 230 g/mol. The molecule has 0 aromatic carbocycles. The van der Waals surface area contributed by atoms with E-state index in [1.165, 1.54) is 6.42 Å². The number of rotatable bonds is 4. The molecule has 0 aromatic heterocycles. The molecule has 0 aromatic rings. The Morgan fingerprint density at radius 1 is 1.44 bits per heavy atom. The van der Waals surface area contributed by atoms with Crippen molar-refractivity contribution in [1.29, 1.82) is 0 Å². The van der Waals surface area contributed by atoms with Gasteiger partial charge in [0.2, 0.25) is 5.91 Å². The highest BCUT2D eigenvalue weighted by molar-refractivity contribution is 5.95. The second-order valence-electron chi connectivity index (χ2n) is 5.31. The topological polar surface area (TPSA) is 61.4 Å². The van der Waals surface area contributed by atoms with Gasteiger partial charge < -0.3 is 5.32 Å². The van der Waals surface area contributed by atoms with Crippen LogP contribution in [0.15, 0.2) is 0 Å². The van der Waals surface area contributed by atoms with Crippen LogP contribution in [0.25, 0.3) is 0 Å². The van der Waals surface area contributed by atoms with Crippen molar-refractivity contribution in [3.8, 4) is 0 Å². The van der Waals surface area contributed by atoms with Crippen molar-refractivity contribution >= 4 is 11.9 Å². The number of carbonyl (C=O) groups is 2. The van der Waals surface area contributed by atoms with Gasteiger partial charge in [-0.2, -0.15) is 0 Å². The summed E-state index contributed by atoms with van der Waals surface area (Å²) in [6.07, 6.45) is 3.21. The van der Waals surface area contributed by atoms with Crippen LogP contribution >= 0.6 is 0 Å². The first-order chi connectivity index (χ1) is 8.51. The Balaban J connectivity index is 2.26. The van der Waals surface area contributed by atoms with E-state index in [-0.39, 0.29) is 18.0 Å². The number of nitrogens with one attached hydrogen (secondary N) is 2. The zero-order valence-electron chi connectivity index (χ0n) is 11.7. The van der Waals surface area contributed by atoms with Gasteiger partial charge in [0.25, 0.3) is 0 Å². The lowest BCUT2D eigenvalue weighted by molar-refractivity contribution is -0.121. The standard InChI is InChI=1S/C13H25N3O2/c1-4-11(3)14-13(18)15-12(17)9-16-7-5-6-10(2)8-16/h10-11H,4-9H2,1-3H3,(H2,14,15,17,18)/t10-,11+/m0/s1. The highest BCUT2D eigenvalue weighted by Crippen LogP contribution is 2.14. The van der Waals surface area contributed by atoms with Crippen molar-refractivity contribution in [1.82, 2.24) is 15.5 Å². The maximum absolute atomic E-state index is 11.7. The van der Waals surface area contributed by atoms with Crippen molar-refractivity contribution in [2.45, 2.75) is 46.1 Å². The van der Waals surface area contributed by atoms with E-state index in [1.807, 2.05) is 13.8 Å². The van der Waals surface area contributed by atoms with Crippen molar-refractivity contribution in [3.05, 3.63) is 0 Å². The summed E-state index contributed by atoms with van der Waals surface area (Å²) in [6, 6.07) is -0.299. The molecule has 0 bridgehead atoms. The van der Waals surface area contributed by atoms with Crippen LogP contribution in [-0.2, 0) is 4.79 Å². The molecule has 1 heterocycles. The van der Waals surface area contributed by atoms with Crippen LogP contribution in [0.5, 0.6) is 0 Å². The van der Waals surface area contributed by atoms with E-state index in [2.05, 4.69) is 22.5 Å². The molecule has 1 saturated heterocycles. The van der Waals surface area contributed by atoms with Crippen LogP contribution in [-0.4, -0.2) is 42.5 Å². The van der Waals surface area contributed by atoms with Gasteiger partial charge in [0.05, 0.1) is 6.54 Å². The fourth-order valence-electron chi connectivity index (χ4n) is 2.16. The minimum absolute atomic E-state index is 0.0906. The highest BCUT2D eigenvalue weighted by atomic mass is 16.2. The lowest BCUT2D eigenvalue weighted by atomic mass is 10.0. The number of amides is 3. The highest BCUT2D eigenvalue weighted by Gasteiger charge is 2.19. The van der Waals surface area contributed by atoms with Gasteiger partial charge in [0.15, 0.2) is 0 Å². The average molecular weight is 255 g/mol. The molecular formula is C13H25N3O2. The number of nitrogens with zero attached hydrogens (tertiary/aromatic N) is 1. The number of likely N-dealkylation sites (tertiary alicyclic amines) is 1. The van der Waals surface area contributed by atoms with Crippen LogP contribution in [0.4, 0.5) is 4.79 Å². The SMILES string of the molecule is CC[C@@H](C)NC(=O)NC(=O)CN1CCC[C@H](C)C1. The molecule has 5 nitrogen and oxygen atoms in total. The molecule has 0 spiro atoms. The van der Waals surface area contributed by atoms with Gasteiger partial charge in [-0.3, -0.25) is 15.0 Å². The first-order valence-electron chi connectivity index (χ1n) is 6.84. The van der Waals surface area contributed by atoms with Gasteiger partial charge in [-0.05, 0) is 38.6 Å². The van der Waals surface area contributed by atoms with Gasteiger partial charge >= 0.3 is 6.03 Å². The van der Waals surface area contributed by atoms with E-state index in [0.717, 1.165) is 25.9 Å². The quantitative estimate of drug-likeness (QED) is 0.797. The summed E-state index contributed by atoms with van der Waals surface area (Å²) in [7, 11) is 0. The van der Waals surface area contributed by atoms with Crippen LogP contribution in [0.3, 0.4) is 0 Å². The Kier molecular flexibility index (Phi) is 6.12. The van der Waals surface area contributed by atoms with Gasteiger partial charge in [0.1, 0.15) is 0 Å². The molecule has 1 rings (SSSR count). The molecule has 18 heavy (non-hydrogen) atoms. The molecule has 0 aliphatic carbocycles. The predicted octanol–water partition coefficient (Wildman–Crippen LogP) is 1.34. The average Bonchev–Trinajstić information content (AvgIpc) is 2.28. The molecule has 0 saturated carbocycles. The zero-order valence-corrected chi connectivity index (χ0v) is 11.7. The second-order valence-corrected chi connectivity index (χ2v) is 5.31. The number of urea groups is 1. The number of carbonyl (C=O) groups excluding carboxylic acids is 2. The molecule has 1 fully saturated rings. The molecule has 0 radical (unpaired) electrons. The van der Waals surface area contributed by atoms with Gasteiger partial charge in [-0.25, -0.2) is 4.79 Å². The van der Waals surface area contributed by atoms with Gasteiger partial charge in [-0.1, -0.05) is 13.8 Å². The van der Waals surface area contributed by atoms with Crippen molar-refractivity contribution in [2.24, 2.45) is 5.92 Å². The summed E-state index contributed by atoms with van der Waals surface area (Å²) in [5.41, 5.74) is 0. The monoisotopic (exact) mass is 255 g/mol. The maximum atomic E-state index is 11.7. The second kappa shape index (κ2) is 7.36. The summed E-state index contributed by atoms with van der Waals surface area (Å²) in [5.74, 6) is 0.422. The number of hydrogen-bond acceptors (Lipinski definition) is 3. The molecule has 2 atom stereocenters. The van der Waals surface area contributed by atoms with E-state index in [1.54, 1.807) is 0 Å². The van der Waals surface area contributed by atoms with Crippen molar-refractivity contribution < 1.29 is 9.59 Å². The third-order valence-corrected chi connectivity index (χ3v) is 3.35. The van der Waals surface area contributed by atoms with E-state index in [0.29, 0.717) is 12.5 Å². The van der Waals surface area contributed by atoms with E-state index in [9.17, 15) is 9.59 Å². The molecule has 1 aliphatic heterocycles. The molecule has 104 valence electrons. The smallest absolute Gasteiger partial charge is 0.321 e.